The van der Waals surface area contributed by atoms with Crippen LogP contribution in [0, 0.1) is 12.3 Å². The number of nitrogens with zero attached hydrogens (tertiary/aromatic N) is 3. The molecule has 0 N–H and O–H groups in total. The number of methoxy groups -OCH3 is 1. The van der Waals surface area contributed by atoms with E-state index in [1.54, 1.807) is 36.6 Å². The van der Waals surface area contributed by atoms with Crippen LogP contribution in [-0.2, 0) is 21.3 Å². The Morgan fingerprint density at radius 3 is 2.39 bits per heavy atom. The summed E-state index contributed by atoms with van der Waals surface area (Å²) in [6.07, 6.45) is 5.50. The number of benzene rings is 2. The molecule has 3 rings (SSSR count). The molecule has 33 heavy (non-hydrogen) atoms. The summed E-state index contributed by atoms with van der Waals surface area (Å²) in [6, 6.07) is 10.4. The number of sulfonamides is 1. The lowest BCUT2D eigenvalue weighted by Gasteiger charge is -2.20. The minimum atomic E-state index is -3.65. The van der Waals surface area contributed by atoms with Gasteiger partial charge in [0.15, 0.2) is 4.80 Å². The first kappa shape index (κ1) is 24.4. The Bertz CT molecular complexity index is 1430. The fraction of sp³-hybridized carbons (Fsp3) is 0.261. The van der Waals surface area contributed by atoms with Crippen molar-refractivity contribution in [2.45, 2.75) is 31.3 Å². The lowest BCUT2D eigenvalue weighted by molar-refractivity contribution is 0.0600. The molecule has 3 aromatic rings. The maximum Gasteiger partial charge on any atom is 0.337 e. The van der Waals surface area contributed by atoms with E-state index in [1.807, 2.05) is 0 Å². The Morgan fingerprint density at radius 1 is 1.18 bits per heavy atom. The molecular weight excluding hydrogens is 462 g/mol. The van der Waals surface area contributed by atoms with Crippen molar-refractivity contribution < 1.29 is 22.7 Å². The third-order valence-corrected chi connectivity index (χ3v) is 8.14. The summed E-state index contributed by atoms with van der Waals surface area (Å²) in [5.74, 6) is 1.53. The molecule has 0 saturated carbocycles. The first-order valence-electron chi connectivity index (χ1n) is 9.92. The van der Waals surface area contributed by atoms with Gasteiger partial charge in [-0.05, 0) is 56.3 Å². The summed E-state index contributed by atoms with van der Waals surface area (Å²) in [4.78, 5) is 29.3. The van der Waals surface area contributed by atoms with E-state index in [2.05, 4.69) is 10.9 Å². The van der Waals surface area contributed by atoms with Gasteiger partial charge in [-0.25, -0.2) is 13.2 Å². The smallest absolute Gasteiger partial charge is 0.337 e. The third-order valence-electron chi connectivity index (χ3n) is 5.06. The summed E-state index contributed by atoms with van der Waals surface area (Å²) in [7, 11) is -0.847. The summed E-state index contributed by atoms with van der Waals surface area (Å²) in [5, 5.41) is 0. The fourth-order valence-electron chi connectivity index (χ4n) is 3.01. The maximum atomic E-state index is 12.8. The van der Waals surface area contributed by atoms with Crippen LogP contribution in [-0.4, -0.2) is 49.4 Å². The van der Waals surface area contributed by atoms with Crippen molar-refractivity contribution in [1.82, 2.24) is 8.87 Å². The Balaban J connectivity index is 2.01. The molecule has 10 heteroatoms. The quantitative estimate of drug-likeness (QED) is 0.395. The number of amides is 1. The number of ether oxygens (including phenoxy) is 1. The van der Waals surface area contributed by atoms with Crippen molar-refractivity contribution in [3.05, 3.63) is 58.4 Å². The van der Waals surface area contributed by atoms with Crippen LogP contribution in [0.1, 0.15) is 34.6 Å². The van der Waals surface area contributed by atoms with E-state index in [9.17, 15) is 18.0 Å². The lowest BCUT2D eigenvalue weighted by atomic mass is 10.2. The molecule has 0 radical (unpaired) electrons. The van der Waals surface area contributed by atoms with Gasteiger partial charge in [-0.1, -0.05) is 17.3 Å². The van der Waals surface area contributed by atoms with Gasteiger partial charge in [0.1, 0.15) is 0 Å². The van der Waals surface area contributed by atoms with Crippen molar-refractivity contribution >= 4 is 43.5 Å². The van der Waals surface area contributed by atoms with E-state index < -0.39 is 21.9 Å². The van der Waals surface area contributed by atoms with Gasteiger partial charge < -0.3 is 9.30 Å². The zero-order valence-electron chi connectivity index (χ0n) is 18.6. The topological polar surface area (TPSA) is 98.0 Å². The second kappa shape index (κ2) is 9.70. The van der Waals surface area contributed by atoms with Crippen molar-refractivity contribution in [3.8, 4) is 12.3 Å². The molecular formula is C23H23N3O5S2. The second-order valence-corrected chi connectivity index (χ2v) is 10.4. The van der Waals surface area contributed by atoms with E-state index in [1.165, 1.54) is 54.1 Å². The highest BCUT2D eigenvalue weighted by molar-refractivity contribution is 7.89. The SMILES string of the molecule is C#CCn1c(=NC(=O)c2ccc(S(=O)(=O)N(C)C(C)C)cc2)sc2cc(C(=O)OC)ccc21. The molecule has 8 nitrogen and oxygen atoms in total. The lowest BCUT2D eigenvalue weighted by Crippen LogP contribution is -2.33. The van der Waals surface area contributed by atoms with Crippen molar-refractivity contribution in [1.29, 1.82) is 0 Å². The zero-order valence-corrected chi connectivity index (χ0v) is 20.2. The number of hydrogen-bond acceptors (Lipinski definition) is 6. The van der Waals surface area contributed by atoms with Crippen LogP contribution in [0.15, 0.2) is 52.4 Å². The predicted octanol–water partition coefficient (Wildman–Crippen LogP) is 2.89. The molecule has 172 valence electrons. The van der Waals surface area contributed by atoms with E-state index in [0.717, 1.165) is 10.2 Å². The molecule has 0 saturated heterocycles. The number of fused-ring (bicyclic) bond motifs is 1. The fourth-order valence-corrected chi connectivity index (χ4v) is 5.45. The molecule has 0 aliphatic heterocycles. The highest BCUT2D eigenvalue weighted by Crippen LogP contribution is 2.21. The molecule has 2 aromatic carbocycles. The highest BCUT2D eigenvalue weighted by atomic mass is 32.2. The van der Waals surface area contributed by atoms with Crippen LogP contribution >= 0.6 is 11.3 Å². The number of carbonyl (C=O) groups excluding carboxylic acids is 2. The normalized spacial score (nSPS) is 12.3. The number of terminal acetylenes is 1. The summed E-state index contributed by atoms with van der Waals surface area (Å²) >= 11 is 1.21. The van der Waals surface area contributed by atoms with Crippen LogP contribution in [0.3, 0.4) is 0 Å². The summed E-state index contributed by atoms with van der Waals surface area (Å²) in [6.45, 7) is 3.74. The van der Waals surface area contributed by atoms with Gasteiger partial charge in [-0.2, -0.15) is 9.30 Å². The predicted molar refractivity (Wildman–Crippen MR) is 126 cm³/mol. The standard InChI is InChI=1S/C23H23N3O5S2/c1-6-13-26-19-12-9-17(22(28)31-5)14-20(19)32-23(26)24-21(27)16-7-10-18(11-8-16)33(29,30)25(4)15(2)3/h1,7-12,14-15H,13H2,2-5H3. The van der Waals surface area contributed by atoms with Crippen LogP contribution in [0.4, 0.5) is 0 Å². The number of thiazole rings is 1. The molecule has 0 bridgehead atoms. The number of aromatic nitrogens is 1. The van der Waals surface area contributed by atoms with Gasteiger partial charge in [0.2, 0.25) is 10.0 Å². The largest absolute Gasteiger partial charge is 0.465 e. The number of hydrogen-bond donors (Lipinski definition) is 0. The Morgan fingerprint density at radius 2 is 1.82 bits per heavy atom. The molecule has 0 aliphatic rings. The molecule has 0 fully saturated rings. The molecule has 0 spiro atoms. The van der Waals surface area contributed by atoms with Crippen molar-refractivity contribution in [2.24, 2.45) is 4.99 Å². The van der Waals surface area contributed by atoms with Crippen molar-refractivity contribution in [3.63, 3.8) is 0 Å². The van der Waals surface area contributed by atoms with E-state index in [4.69, 9.17) is 11.2 Å². The molecule has 1 aromatic heterocycles. The first-order chi connectivity index (χ1) is 15.6. The van der Waals surface area contributed by atoms with Gasteiger partial charge in [0.25, 0.3) is 5.91 Å². The van der Waals surface area contributed by atoms with Gasteiger partial charge in [-0.3, -0.25) is 4.79 Å². The monoisotopic (exact) mass is 485 g/mol. The molecule has 0 atom stereocenters. The summed E-state index contributed by atoms with van der Waals surface area (Å²) < 4.78 is 33.7. The Kier molecular flexibility index (Phi) is 7.17. The van der Waals surface area contributed by atoms with Crippen LogP contribution < -0.4 is 4.80 Å². The van der Waals surface area contributed by atoms with Crippen molar-refractivity contribution in [2.75, 3.05) is 14.2 Å². The van der Waals surface area contributed by atoms with Gasteiger partial charge in [-0.15, -0.1) is 6.42 Å². The highest BCUT2D eigenvalue weighted by Gasteiger charge is 2.23. The molecule has 0 unspecified atom stereocenters. The van der Waals surface area contributed by atoms with Gasteiger partial charge >= 0.3 is 5.97 Å². The third kappa shape index (κ3) is 4.90. The van der Waals surface area contributed by atoms with Crippen LogP contribution in [0.5, 0.6) is 0 Å². The number of esters is 1. The summed E-state index contributed by atoms with van der Waals surface area (Å²) in [5.41, 5.74) is 1.34. The molecule has 1 heterocycles. The minimum absolute atomic E-state index is 0.0925. The van der Waals surface area contributed by atoms with Crippen LogP contribution in [0.25, 0.3) is 10.2 Å². The van der Waals surface area contributed by atoms with E-state index >= 15 is 0 Å². The number of carbonyl (C=O) groups is 2. The maximum absolute atomic E-state index is 12.8. The van der Waals surface area contributed by atoms with Gasteiger partial charge in [0.05, 0.1) is 34.3 Å². The molecule has 1 amide bonds. The zero-order chi connectivity index (χ0) is 24.3. The van der Waals surface area contributed by atoms with Gasteiger partial charge in [0, 0.05) is 18.7 Å². The molecule has 0 aliphatic carbocycles. The second-order valence-electron chi connectivity index (χ2n) is 7.41. The number of rotatable bonds is 6. The first-order valence-corrected chi connectivity index (χ1v) is 12.2. The van der Waals surface area contributed by atoms with Crippen LogP contribution in [0.2, 0.25) is 0 Å². The minimum Gasteiger partial charge on any atom is -0.465 e. The average Bonchev–Trinajstić information content (AvgIpc) is 3.14. The average molecular weight is 486 g/mol. The van der Waals surface area contributed by atoms with E-state index in [-0.39, 0.29) is 23.0 Å². The Hall–Kier alpha value is -3.26. The van der Waals surface area contributed by atoms with E-state index in [0.29, 0.717) is 10.4 Å². The Labute approximate surface area is 196 Å².